The second-order valence-corrected chi connectivity index (χ2v) is 13.8. The van der Waals surface area contributed by atoms with Gasteiger partial charge < -0.3 is 56.8 Å². The van der Waals surface area contributed by atoms with Crippen LogP contribution >= 0.6 is 0 Å². The summed E-state index contributed by atoms with van der Waals surface area (Å²) in [5.74, 6) is -0.354. The number of esters is 1. The first-order valence-electron chi connectivity index (χ1n) is 22.4. The summed E-state index contributed by atoms with van der Waals surface area (Å²) in [5.41, 5.74) is 0.527. The Balaban J connectivity index is 1.61. The van der Waals surface area contributed by atoms with E-state index in [1.54, 1.807) is 24.3 Å². The predicted molar refractivity (Wildman–Crippen MR) is 226 cm³/mol. The average Bonchev–Trinajstić information content (AvgIpc) is 3.24. The number of hydrogen-bond acceptors (Lipinski definition) is 13. The summed E-state index contributed by atoms with van der Waals surface area (Å²) in [4.78, 5) is 11.8. The van der Waals surface area contributed by atoms with E-state index in [9.17, 15) is 4.79 Å². The Hall–Kier alpha value is -1.75. The Bertz CT molecular complexity index is 927. The molecule has 0 aliphatic carbocycles. The van der Waals surface area contributed by atoms with E-state index < -0.39 is 0 Å². The molecule has 0 unspecified atom stereocenters. The summed E-state index contributed by atoms with van der Waals surface area (Å²) < 4.78 is 65.9. The maximum atomic E-state index is 11.8. The minimum atomic E-state index is -0.354. The fourth-order valence-electron chi connectivity index (χ4n) is 5.55. The van der Waals surface area contributed by atoms with E-state index in [0.717, 1.165) is 13.0 Å². The molecule has 0 saturated heterocycles. The van der Waals surface area contributed by atoms with Gasteiger partial charge in [-0.05, 0) is 18.6 Å². The minimum Gasteiger partial charge on any atom is -0.460 e. The summed E-state index contributed by atoms with van der Waals surface area (Å²) in [6, 6.07) is 8.87. The molecule has 0 aliphatic rings. The van der Waals surface area contributed by atoms with E-state index in [1.165, 1.54) is 83.5 Å². The molecule has 0 N–H and O–H groups in total. The van der Waals surface area contributed by atoms with Crippen LogP contribution in [0.3, 0.4) is 0 Å². The third-order valence-electron chi connectivity index (χ3n) is 8.83. The van der Waals surface area contributed by atoms with Crippen molar-refractivity contribution in [3.63, 3.8) is 0 Å². The predicted octanol–water partition coefficient (Wildman–Crippen LogP) is 7.51. The number of unbranched alkanes of at least 4 members (excludes halogenated alkanes) is 13. The highest BCUT2D eigenvalue weighted by molar-refractivity contribution is 5.89. The van der Waals surface area contributed by atoms with Gasteiger partial charge in [0.2, 0.25) is 0 Å². The maximum absolute atomic E-state index is 11.8. The molecule has 1 aromatic carbocycles. The molecule has 0 saturated carbocycles. The van der Waals surface area contributed by atoms with Gasteiger partial charge in [-0.3, -0.25) is 0 Å². The quantitative estimate of drug-likeness (QED) is 0.0475. The van der Waals surface area contributed by atoms with Crippen molar-refractivity contribution >= 4 is 5.97 Å². The van der Waals surface area contributed by atoms with Gasteiger partial charge in [0.1, 0.15) is 6.61 Å². The highest BCUT2D eigenvalue weighted by Crippen LogP contribution is 2.13. The number of benzene rings is 1. The molecule has 340 valence electrons. The monoisotopic (exact) mass is 831 g/mol. The lowest BCUT2D eigenvalue weighted by Crippen LogP contribution is -2.15. The van der Waals surface area contributed by atoms with Crippen LogP contribution in [0.25, 0.3) is 0 Å². The lowest BCUT2D eigenvalue weighted by Gasteiger charge is -2.09. The molecular formula is C45H82O13. The highest BCUT2D eigenvalue weighted by Gasteiger charge is 2.05. The van der Waals surface area contributed by atoms with Crippen LogP contribution in [0, 0.1) is 0 Å². The number of carbonyl (C=O) groups is 1. The van der Waals surface area contributed by atoms with Crippen molar-refractivity contribution in [2.75, 3.05) is 152 Å². The average molecular weight is 831 g/mol. The second-order valence-electron chi connectivity index (χ2n) is 13.8. The van der Waals surface area contributed by atoms with Gasteiger partial charge in [-0.1, -0.05) is 109 Å². The number of hydrogen-bond donors (Lipinski definition) is 0. The van der Waals surface area contributed by atoms with Gasteiger partial charge in [0.25, 0.3) is 0 Å². The molecule has 13 nitrogen and oxygen atoms in total. The van der Waals surface area contributed by atoms with Crippen LogP contribution < -0.4 is 0 Å². The van der Waals surface area contributed by atoms with Gasteiger partial charge in [-0.15, -0.1) is 0 Å². The topological polar surface area (TPSA) is 128 Å². The zero-order chi connectivity index (χ0) is 41.3. The van der Waals surface area contributed by atoms with Crippen molar-refractivity contribution in [2.24, 2.45) is 0 Å². The summed E-state index contributed by atoms with van der Waals surface area (Å²) in [7, 11) is 0. The van der Waals surface area contributed by atoms with Crippen LogP contribution in [0.2, 0.25) is 0 Å². The van der Waals surface area contributed by atoms with Crippen LogP contribution in [-0.2, 0) is 56.8 Å². The smallest absolute Gasteiger partial charge is 0.338 e. The number of rotatable bonds is 49. The van der Waals surface area contributed by atoms with E-state index in [4.69, 9.17) is 56.8 Å². The Morgan fingerprint density at radius 1 is 0.310 bits per heavy atom. The Morgan fingerprint density at radius 2 is 0.552 bits per heavy atom. The van der Waals surface area contributed by atoms with E-state index >= 15 is 0 Å². The van der Waals surface area contributed by atoms with Gasteiger partial charge in [-0.25, -0.2) is 4.79 Å². The van der Waals surface area contributed by atoms with E-state index in [1.807, 2.05) is 6.07 Å². The summed E-state index contributed by atoms with van der Waals surface area (Å²) >= 11 is 0. The molecule has 13 heteroatoms. The van der Waals surface area contributed by atoms with Gasteiger partial charge >= 0.3 is 5.97 Å². The molecule has 58 heavy (non-hydrogen) atoms. The molecule has 0 bridgehead atoms. The largest absolute Gasteiger partial charge is 0.460 e. The van der Waals surface area contributed by atoms with E-state index in [2.05, 4.69) is 6.92 Å². The zero-order valence-corrected chi connectivity index (χ0v) is 36.4. The van der Waals surface area contributed by atoms with Gasteiger partial charge in [-0.2, -0.15) is 0 Å². The maximum Gasteiger partial charge on any atom is 0.338 e. The van der Waals surface area contributed by atoms with Gasteiger partial charge in [0.15, 0.2) is 0 Å². The third-order valence-corrected chi connectivity index (χ3v) is 8.83. The first-order chi connectivity index (χ1) is 28.8. The summed E-state index contributed by atoms with van der Waals surface area (Å²) in [6.45, 7) is 13.9. The first kappa shape index (κ1) is 54.3. The Morgan fingerprint density at radius 3 is 0.845 bits per heavy atom. The zero-order valence-electron chi connectivity index (χ0n) is 36.4. The Labute approximate surface area is 351 Å². The van der Waals surface area contributed by atoms with Crippen molar-refractivity contribution in [1.29, 1.82) is 0 Å². The van der Waals surface area contributed by atoms with Crippen molar-refractivity contribution in [3.05, 3.63) is 35.9 Å². The van der Waals surface area contributed by atoms with Crippen LogP contribution in [0.1, 0.15) is 107 Å². The molecule has 0 aliphatic heterocycles. The normalized spacial score (nSPS) is 11.5. The summed E-state index contributed by atoms with van der Waals surface area (Å²) in [5, 5.41) is 0. The molecule has 0 radical (unpaired) electrons. The number of carbonyl (C=O) groups excluding carboxylic acids is 1. The highest BCUT2D eigenvalue weighted by atomic mass is 16.6. The molecule has 0 heterocycles. The number of ether oxygens (including phenoxy) is 12. The lowest BCUT2D eigenvalue weighted by molar-refractivity contribution is -0.0280. The van der Waals surface area contributed by atoms with Crippen LogP contribution in [-0.4, -0.2) is 158 Å². The van der Waals surface area contributed by atoms with Gasteiger partial charge in [0.05, 0.1) is 144 Å². The molecule has 0 fully saturated rings. The molecule has 1 rings (SSSR count). The molecular weight excluding hydrogens is 748 g/mol. The second kappa shape index (κ2) is 47.9. The first-order valence-corrected chi connectivity index (χ1v) is 22.4. The molecule has 0 amide bonds. The molecule has 1 aromatic rings. The van der Waals surface area contributed by atoms with Crippen LogP contribution in [0.4, 0.5) is 0 Å². The van der Waals surface area contributed by atoms with E-state index in [0.29, 0.717) is 144 Å². The minimum absolute atomic E-state index is 0.203. The van der Waals surface area contributed by atoms with Crippen LogP contribution in [0.5, 0.6) is 0 Å². The summed E-state index contributed by atoms with van der Waals surface area (Å²) in [6.07, 6.45) is 19.2. The Kier molecular flexibility index (Phi) is 44.8. The fraction of sp³-hybridized carbons (Fsp3) is 0.844. The van der Waals surface area contributed by atoms with Crippen molar-refractivity contribution in [2.45, 2.75) is 96.8 Å². The SMILES string of the molecule is CCCCCCCCCCCCCCCCOCCOCCOCCOCCOCCOCCOCCOCCOCCOCCOCCOC(=O)c1ccccc1. The molecule has 0 spiro atoms. The lowest BCUT2D eigenvalue weighted by atomic mass is 10.0. The van der Waals surface area contributed by atoms with Crippen molar-refractivity contribution in [1.82, 2.24) is 0 Å². The third kappa shape index (κ3) is 42.4. The van der Waals surface area contributed by atoms with Gasteiger partial charge in [0, 0.05) is 6.61 Å². The standard InChI is InChI=1S/C45H82O13/c1-2-3-4-5-6-7-8-9-10-11-12-13-14-18-21-47-22-23-48-24-25-49-26-27-50-28-29-51-30-31-52-32-33-53-34-35-54-36-37-55-38-39-56-40-41-57-42-43-58-45(46)44-19-16-15-17-20-44/h15-17,19-20H,2-14,18,21-43H2,1H3. The van der Waals surface area contributed by atoms with Crippen LogP contribution in [0.15, 0.2) is 30.3 Å². The van der Waals surface area contributed by atoms with Crippen molar-refractivity contribution < 1.29 is 61.6 Å². The molecule has 0 atom stereocenters. The fourth-order valence-corrected chi connectivity index (χ4v) is 5.55. The molecule has 0 aromatic heterocycles. The van der Waals surface area contributed by atoms with Crippen molar-refractivity contribution in [3.8, 4) is 0 Å². The van der Waals surface area contributed by atoms with E-state index in [-0.39, 0.29) is 12.6 Å².